The third-order valence-electron chi connectivity index (χ3n) is 1.78. The van der Waals surface area contributed by atoms with Gasteiger partial charge in [-0.05, 0) is 12.3 Å². The van der Waals surface area contributed by atoms with Gasteiger partial charge in [-0.3, -0.25) is 0 Å². The average Bonchev–Trinajstić information content (AvgIpc) is 2.48. The molecule has 1 aromatic rings. The van der Waals surface area contributed by atoms with E-state index < -0.39 is 0 Å². The number of aromatic nitrogens is 1. The summed E-state index contributed by atoms with van der Waals surface area (Å²) in [5.74, 6) is 1.65. The number of nitrogens with two attached hydrogens (primary N) is 1. The van der Waals surface area contributed by atoms with E-state index in [1.807, 2.05) is 6.07 Å². The molecule has 0 aromatic carbocycles. The molecule has 0 fully saturated rings. The summed E-state index contributed by atoms with van der Waals surface area (Å²) >= 11 is 0. The Balaban J connectivity index is 2.41. The Labute approximate surface area is 72.9 Å². The molecule has 68 valence electrons. The van der Waals surface area contributed by atoms with Crippen LogP contribution in [-0.4, -0.2) is 5.16 Å². The van der Waals surface area contributed by atoms with Gasteiger partial charge in [0.05, 0.1) is 5.69 Å². The normalized spacial score (nSPS) is 11.0. The summed E-state index contributed by atoms with van der Waals surface area (Å²) in [7, 11) is 0. The topological polar surface area (TPSA) is 52.0 Å². The molecule has 0 amide bonds. The molecule has 0 unspecified atom stereocenters. The Kier molecular flexibility index (Phi) is 3.29. The van der Waals surface area contributed by atoms with Gasteiger partial charge in [-0.25, -0.2) is 0 Å². The molecule has 0 aliphatic carbocycles. The molecule has 0 aliphatic rings. The lowest BCUT2D eigenvalue weighted by Gasteiger charge is -1.99. The van der Waals surface area contributed by atoms with Crippen molar-refractivity contribution in [3.05, 3.63) is 17.5 Å². The minimum Gasteiger partial charge on any atom is -0.361 e. The fourth-order valence-corrected chi connectivity index (χ4v) is 1.00. The molecule has 0 saturated heterocycles. The van der Waals surface area contributed by atoms with Gasteiger partial charge in [0.15, 0.2) is 0 Å². The second kappa shape index (κ2) is 4.26. The van der Waals surface area contributed by atoms with Crippen LogP contribution in [0, 0.1) is 5.92 Å². The van der Waals surface area contributed by atoms with Crippen molar-refractivity contribution in [2.45, 2.75) is 33.2 Å². The van der Waals surface area contributed by atoms with E-state index in [4.69, 9.17) is 10.3 Å². The maximum Gasteiger partial charge on any atom is 0.137 e. The minimum absolute atomic E-state index is 0.463. The first-order chi connectivity index (χ1) is 5.72. The van der Waals surface area contributed by atoms with Crippen molar-refractivity contribution in [2.24, 2.45) is 11.7 Å². The first-order valence-electron chi connectivity index (χ1n) is 4.37. The Bertz CT molecular complexity index is 230. The van der Waals surface area contributed by atoms with Crippen LogP contribution in [0.2, 0.25) is 0 Å². The van der Waals surface area contributed by atoms with Crippen molar-refractivity contribution >= 4 is 0 Å². The molecule has 3 heteroatoms. The number of rotatable bonds is 4. The van der Waals surface area contributed by atoms with E-state index in [1.54, 1.807) is 0 Å². The molecular formula is C9H16N2O. The van der Waals surface area contributed by atoms with Crippen LogP contribution in [0.1, 0.15) is 31.7 Å². The third kappa shape index (κ3) is 2.66. The maximum absolute atomic E-state index is 5.40. The highest BCUT2D eigenvalue weighted by atomic mass is 16.5. The molecule has 0 radical (unpaired) electrons. The average molecular weight is 168 g/mol. The van der Waals surface area contributed by atoms with Gasteiger partial charge in [0.1, 0.15) is 5.76 Å². The molecule has 1 heterocycles. The van der Waals surface area contributed by atoms with E-state index in [0.29, 0.717) is 12.5 Å². The van der Waals surface area contributed by atoms with Gasteiger partial charge < -0.3 is 10.3 Å². The van der Waals surface area contributed by atoms with Gasteiger partial charge in [0.25, 0.3) is 0 Å². The largest absolute Gasteiger partial charge is 0.361 e. The van der Waals surface area contributed by atoms with Crippen molar-refractivity contribution in [2.75, 3.05) is 0 Å². The number of aryl methyl sites for hydroxylation is 1. The Morgan fingerprint density at radius 1 is 1.58 bits per heavy atom. The zero-order valence-electron chi connectivity index (χ0n) is 7.71. The van der Waals surface area contributed by atoms with E-state index in [9.17, 15) is 0 Å². The zero-order valence-corrected chi connectivity index (χ0v) is 7.71. The van der Waals surface area contributed by atoms with Crippen LogP contribution in [0.4, 0.5) is 0 Å². The third-order valence-corrected chi connectivity index (χ3v) is 1.78. The Morgan fingerprint density at radius 2 is 2.33 bits per heavy atom. The van der Waals surface area contributed by atoms with Crippen LogP contribution in [0.25, 0.3) is 0 Å². The summed E-state index contributed by atoms with van der Waals surface area (Å²) in [5, 5.41) is 3.81. The van der Waals surface area contributed by atoms with Gasteiger partial charge in [-0.15, -0.1) is 0 Å². The van der Waals surface area contributed by atoms with Crippen molar-refractivity contribution in [3.8, 4) is 0 Å². The fourth-order valence-electron chi connectivity index (χ4n) is 1.00. The number of nitrogens with zero attached hydrogens (tertiary/aromatic N) is 1. The highest BCUT2D eigenvalue weighted by Crippen LogP contribution is 2.09. The van der Waals surface area contributed by atoms with E-state index in [-0.39, 0.29) is 0 Å². The summed E-state index contributed by atoms with van der Waals surface area (Å²) < 4.78 is 5.08. The van der Waals surface area contributed by atoms with Crippen molar-refractivity contribution in [1.82, 2.24) is 5.16 Å². The Hall–Kier alpha value is -0.830. The van der Waals surface area contributed by atoms with Crippen molar-refractivity contribution in [3.63, 3.8) is 0 Å². The zero-order chi connectivity index (χ0) is 8.97. The van der Waals surface area contributed by atoms with Crippen LogP contribution in [0.15, 0.2) is 10.6 Å². The van der Waals surface area contributed by atoms with Crippen molar-refractivity contribution in [1.29, 1.82) is 0 Å². The summed E-state index contributed by atoms with van der Waals surface area (Å²) in [6.45, 7) is 4.85. The lowest BCUT2D eigenvalue weighted by molar-refractivity contribution is 0.368. The SMILES string of the molecule is CC(C)CCc1cc(CN)no1. The molecule has 0 bridgehead atoms. The molecule has 3 nitrogen and oxygen atoms in total. The standard InChI is InChI=1S/C9H16N2O/c1-7(2)3-4-9-5-8(6-10)11-12-9/h5,7H,3-4,6,10H2,1-2H3. The molecule has 1 rings (SSSR count). The maximum atomic E-state index is 5.40. The van der Waals surface area contributed by atoms with E-state index >= 15 is 0 Å². The minimum atomic E-state index is 0.463. The molecule has 0 saturated carbocycles. The molecule has 0 aliphatic heterocycles. The smallest absolute Gasteiger partial charge is 0.137 e. The predicted molar refractivity (Wildman–Crippen MR) is 47.6 cm³/mol. The van der Waals surface area contributed by atoms with Crippen LogP contribution in [0.3, 0.4) is 0 Å². The quantitative estimate of drug-likeness (QED) is 0.744. The highest BCUT2D eigenvalue weighted by Gasteiger charge is 2.03. The fraction of sp³-hybridized carbons (Fsp3) is 0.667. The molecule has 12 heavy (non-hydrogen) atoms. The van der Waals surface area contributed by atoms with Gasteiger partial charge in [0, 0.05) is 19.0 Å². The molecule has 0 atom stereocenters. The lowest BCUT2D eigenvalue weighted by Crippen LogP contribution is -1.95. The Morgan fingerprint density at radius 3 is 2.83 bits per heavy atom. The van der Waals surface area contributed by atoms with Crippen LogP contribution in [-0.2, 0) is 13.0 Å². The first kappa shape index (κ1) is 9.26. The lowest BCUT2D eigenvalue weighted by atomic mass is 10.1. The monoisotopic (exact) mass is 168 g/mol. The van der Waals surface area contributed by atoms with E-state index in [0.717, 1.165) is 24.3 Å². The van der Waals surface area contributed by atoms with E-state index in [2.05, 4.69) is 19.0 Å². The van der Waals surface area contributed by atoms with Gasteiger partial charge in [-0.1, -0.05) is 19.0 Å². The molecule has 1 aromatic heterocycles. The number of hydrogen-bond donors (Lipinski definition) is 1. The highest BCUT2D eigenvalue weighted by molar-refractivity contribution is 5.04. The second-order valence-electron chi connectivity index (χ2n) is 3.42. The van der Waals surface area contributed by atoms with Crippen LogP contribution >= 0.6 is 0 Å². The van der Waals surface area contributed by atoms with Gasteiger partial charge in [0.2, 0.25) is 0 Å². The number of hydrogen-bond acceptors (Lipinski definition) is 3. The van der Waals surface area contributed by atoms with Gasteiger partial charge >= 0.3 is 0 Å². The molecule has 2 N–H and O–H groups in total. The summed E-state index contributed by atoms with van der Waals surface area (Å²) in [6, 6.07) is 1.93. The van der Waals surface area contributed by atoms with Crippen LogP contribution < -0.4 is 5.73 Å². The van der Waals surface area contributed by atoms with Crippen molar-refractivity contribution < 1.29 is 4.52 Å². The second-order valence-corrected chi connectivity index (χ2v) is 3.42. The van der Waals surface area contributed by atoms with E-state index in [1.165, 1.54) is 0 Å². The van der Waals surface area contributed by atoms with Gasteiger partial charge in [-0.2, -0.15) is 0 Å². The summed E-state index contributed by atoms with van der Waals surface area (Å²) in [6.07, 6.45) is 2.10. The first-order valence-corrected chi connectivity index (χ1v) is 4.37. The molecule has 0 spiro atoms. The summed E-state index contributed by atoms with van der Waals surface area (Å²) in [4.78, 5) is 0. The molecular weight excluding hydrogens is 152 g/mol. The predicted octanol–water partition coefficient (Wildman–Crippen LogP) is 1.72. The summed E-state index contributed by atoms with van der Waals surface area (Å²) in [5.41, 5.74) is 6.24. The van der Waals surface area contributed by atoms with Crippen LogP contribution in [0.5, 0.6) is 0 Å².